The maximum atomic E-state index is 14.1. The summed E-state index contributed by atoms with van der Waals surface area (Å²) >= 11 is 12.9. The number of ether oxygens (including phenoxy) is 3. The molecule has 0 atom stereocenters. The maximum Gasteiger partial charge on any atom is 0.573 e. The summed E-state index contributed by atoms with van der Waals surface area (Å²) in [6.07, 6.45) is -0.787. The molecule has 3 heterocycles. The molecule has 0 spiro atoms. The Balaban J connectivity index is 0.912. The highest BCUT2D eigenvalue weighted by molar-refractivity contribution is 6.36. The third-order valence-electron chi connectivity index (χ3n) is 12.9. The molecule has 0 unspecified atom stereocenters. The van der Waals surface area contributed by atoms with Crippen molar-refractivity contribution in [3.8, 4) is 28.4 Å². The van der Waals surface area contributed by atoms with Crippen LogP contribution in [0.2, 0.25) is 10.0 Å². The third-order valence-corrected chi connectivity index (χ3v) is 13.7. The van der Waals surface area contributed by atoms with Gasteiger partial charge in [0.2, 0.25) is 5.91 Å². The Bertz CT molecular complexity index is 2640. The fourth-order valence-electron chi connectivity index (χ4n) is 9.45. The van der Waals surface area contributed by atoms with Crippen molar-refractivity contribution in [2.75, 3.05) is 52.9 Å². The number of benzene rings is 5. The lowest BCUT2D eigenvalue weighted by atomic mass is 9.87. The Labute approximate surface area is 406 Å². The number of amides is 1. The maximum absolute atomic E-state index is 14.1. The molecule has 0 radical (unpaired) electrons. The van der Waals surface area contributed by atoms with Gasteiger partial charge in [-0.3, -0.25) is 19.9 Å². The average Bonchev–Trinajstić information content (AvgIpc) is 3.68. The molecule has 0 bridgehead atoms. The van der Waals surface area contributed by atoms with Crippen LogP contribution in [0.3, 0.4) is 0 Å². The Morgan fingerprint density at radius 2 is 1.47 bits per heavy atom. The van der Waals surface area contributed by atoms with Gasteiger partial charge in [0, 0.05) is 97.2 Å². The largest absolute Gasteiger partial charge is 0.573 e. The highest BCUT2D eigenvalue weighted by Gasteiger charge is 2.39. The number of fused-ring (bicyclic) bond motifs is 1. The predicted molar refractivity (Wildman–Crippen MR) is 264 cm³/mol. The van der Waals surface area contributed by atoms with Gasteiger partial charge in [-0.25, -0.2) is 0 Å². The van der Waals surface area contributed by atoms with E-state index in [9.17, 15) is 18.0 Å². The number of aryl methyl sites for hydroxylation is 3. The van der Waals surface area contributed by atoms with Crippen LogP contribution < -0.4 is 30.2 Å². The van der Waals surface area contributed by atoms with Gasteiger partial charge in [-0.1, -0.05) is 82.9 Å². The number of rotatable bonds is 18. The lowest BCUT2D eigenvalue weighted by Gasteiger charge is -2.37. The van der Waals surface area contributed by atoms with Crippen molar-refractivity contribution in [2.24, 2.45) is 0 Å². The molecule has 2 aliphatic heterocycles. The van der Waals surface area contributed by atoms with Crippen molar-refractivity contribution >= 4 is 40.0 Å². The number of carbonyl (C=O) groups is 1. The topological polar surface area (TPSA) is 92.3 Å². The van der Waals surface area contributed by atoms with E-state index in [0.29, 0.717) is 86.7 Å². The Morgan fingerprint density at radius 3 is 2.15 bits per heavy atom. The van der Waals surface area contributed by atoms with Gasteiger partial charge < -0.3 is 29.4 Å². The van der Waals surface area contributed by atoms with Crippen LogP contribution in [0.15, 0.2) is 103 Å². The Morgan fingerprint density at radius 1 is 0.794 bits per heavy atom. The van der Waals surface area contributed by atoms with Gasteiger partial charge in [-0.15, -0.1) is 13.2 Å². The number of alkyl halides is 3. The summed E-state index contributed by atoms with van der Waals surface area (Å²) < 4.78 is 57.3. The van der Waals surface area contributed by atoms with Gasteiger partial charge in [0.1, 0.15) is 17.9 Å². The number of nitrogens with zero attached hydrogens (tertiary/aromatic N) is 3. The lowest BCUT2D eigenvalue weighted by molar-refractivity contribution is -0.274. The van der Waals surface area contributed by atoms with Crippen LogP contribution in [-0.2, 0) is 37.6 Å². The molecule has 0 saturated carbocycles. The molecule has 0 aliphatic carbocycles. The monoisotopic (exact) mass is 970 g/mol. The third kappa shape index (κ3) is 12.5. The molecule has 2 aliphatic rings. The number of hydrogen-bond donors (Lipinski definition) is 3. The van der Waals surface area contributed by atoms with Crippen molar-refractivity contribution in [3.63, 3.8) is 0 Å². The molecule has 8 rings (SSSR count). The van der Waals surface area contributed by atoms with Crippen molar-refractivity contribution in [1.29, 1.82) is 0 Å². The van der Waals surface area contributed by atoms with Gasteiger partial charge in [0.25, 0.3) is 0 Å². The van der Waals surface area contributed by atoms with E-state index in [-0.39, 0.29) is 11.7 Å². The van der Waals surface area contributed by atoms with Gasteiger partial charge in [-0.2, -0.15) is 0 Å². The van der Waals surface area contributed by atoms with Crippen LogP contribution >= 0.6 is 23.2 Å². The number of piperidine rings is 1. The molecule has 2 fully saturated rings. The molecule has 10 nitrogen and oxygen atoms in total. The molecule has 1 amide bonds. The second-order valence-corrected chi connectivity index (χ2v) is 18.8. The minimum absolute atomic E-state index is 0.0308. The van der Waals surface area contributed by atoms with E-state index < -0.39 is 11.9 Å². The number of halogens is 5. The highest BCUT2D eigenvalue weighted by Crippen LogP contribution is 2.35. The zero-order chi connectivity index (χ0) is 47.8. The summed E-state index contributed by atoms with van der Waals surface area (Å²) in [6.45, 7) is 12.5. The number of carbonyl (C=O) groups excluding carboxylic acids is 1. The highest BCUT2D eigenvalue weighted by atomic mass is 35.5. The van der Waals surface area contributed by atoms with Crippen molar-refractivity contribution in [3.05, 3.63) is 147 Å². The molecule has 15 heteroatoms. The van der Waals surface area contributed by atoms with Crippen molar-refractivity contribution in [1.82, 2.24) is 30.3 Å². The first-order valence-electron chi connectivity index (χ1n) is 23.2. The van der Waals surface area contributed by atoms with Crippen LogP contribution in [0.5, 0.6) is 17.2 Å². The zero-order valence-corrected chi connectivity index (χ0v) is 40.3. The molecule has 3 N–H and O–H groups in total. The van der Waals surface area contributed by atoms with Gasteiger partial charge >= 0.3 is 6.36 Å². The fraction of sp³-hybridized carbons (Fsp3) is 0.377. The van der Waals surface area contributed by atoms with E-state index in [0.717, 1.165) is 77.0 Å². The summed E-state index contributed by atoms with van der Waals surface area (Å²) in [7, 11) is 1.63. The SMILES string of the molecule is COc1cc(CNC2(C(=O)NCCCn3cc(-c4ccc(OC(F)(F)F)cc4)c4cc(CN5CCN(Cc6c(Cl)cccc6Cl)CC5)ccc43)CCNCC2)ccc1OCc1cc(C)cc(C)c1. The van der Waals surface area contributed by atoms with Crippen LogP contribution in [-0.4, -0.2) is 85.1 Å². The van der Waals surface area contributed by atoms with Gasteiger partial charge in [-0.05, 0) is 117 Å². The first kappa shape index (κ1) is 49.2. The lowest BCUT2D eigenvalue weighted by Crippen LogP contribution is -2.61. The fourth-order valence-corrected chi connectivity index (χ4v) is 9.97. The van der Waals surface area contributed by atoms with Crippen LogP contribution in [0, 0.1) is 13.8 Å². The Hall–Kier alpha value is -5.28. The van der Waals surface area contributed by atoms with E-state index in [2.05, 4.69) is 91.5 Å². The average molecular weight is 972 g/mol. The van der Waals surface area contributed by atoms with Crippen molar-refractivity contribution in [2.45, 2.75) is 77.8 Å². The molecule has 360 valence electrons. The first-order chi connectivity index (χ1) is 32.7. The number of methoxy groups -OCH3 is 1. The standard InChI is InChI=1S/C53H59Cl2F3N6O4/c1-36-26-37(2)28-40(27-36)35-67-49-15-9-38(30-50(49)66-3)31-61-52(16-19-59-20-17-52)51(65)60-18-5-21-64-34-44(41-10-12-42(13-11-41)68-53(56,57)58)43-29-39(8-14-48(43)64)32-62-22-24-63(25-23-62)33-45-46(54)6-4-7-47(45)55/h4,6-15,26-30,34,59,61H,5,16-25,31-33,35H2,1-3H3,(H,60,65). The second kappa shape index (κ2) is 22.0. The number of aromatic nitrogens is 1. The summed E-state index contributed by atoms with van der Waals surface area (Å²) in [4.78, 5) is 18.9. The van der Waals surface area contributed by atoms with E-state index in [1.807, 2.05) is 36.4 Å². The summed E-state index contributed by atoms with van der Waals surface area (Å²) in [5.41, 5.74) is 8.46. The number of piperazine rings is 1. The number of nitrogens with one attached hydrogen (secondary N) is 3. The van der Waals surface area contributed by atoms with Crippen LogP contribution in [0.25, 0.3) is 22.0 Å². The van der Waals surface area contributed by atoms with E-state index in [4.69, 9.17) is 32.7 Å². The normalized spacial score (nSPS) is 15.6. The second-order valence-electron chi connectivity index (χ2n) is 18.0. The predicted octanol–water partition coefficient (Wildman–Crippen LogP) is 10.5. The summed E-state index contributed by atoms with van der Waals surface area (Å²) in [5.74, 6) is 0.985. The van der Waals surface area contributed by atoms with Crippen LogP contribution in [0.1, 0.15) is 52.6 Å². The van der Waals surface area contributed by atoms with Gasteiger partial charge in [0.05, 0.1) is 7.11 Å². The molecule has 2 saturated heterocycles. The van der Waals surface area contributed by atoms with E-state index >= 15 is 0 Å². The molecule has 1 aromatic heterocycles. The van der Waals surface area contributed by atoms with Crippen LogP contribution in [0.4, 0.5) is 13.2 Å². The molecule has 68 heavy (non-hydrogen) atoms. The molecule has 6 aromatic rings. The molecular weight excluding hydrogens is 913 g/mol. The minimum Gasteiger partial charge on any atom is -0.493 e. The smallest absolute Gasteiger partial charge is 0.493 e. The quantitative estimate of drug-likeness (QED) is 0.0734. The van der Waals surface area contributed by atoms with E-state index in [1.54, 1.807) is 19.2 Å². The summed E-state index contributed by atoms with van der Waals surface area (Å²) in [6, 6.07) is 30.3. The first-order valence-corrected chi connectivity index (χ1v) is 24.0. The minimum atomic E-state index is -4.78. The zero-order valence-electron chi connectivity index (χ0n) is 38.8. The molecular formula is C53H59Cl2F3N6O4. The number of hydrogen-bond acceptors (Lipinski definition) is 8. The van der Waals surface area contributed by atoms with Crippen molar-refractivity contribution < 1.29 is 32.2 Å². The van der Waals surface area contributed by atoms with Gasteiger partial charge in [0.15, 0.2) is 11.5 Å². The molecule has 5 aromatic carbocycles. The Kier molecular flexibility index (Phi) is 15.9. The van der Waals surface area contributed by atoms with E-state index in [1.165, 1.54) is 23.3 Å². The summed E-state index contributed by atoms with van der Waals surface area (Å²) in [5, 5.41) is 12.6.